The normalized spacial score (nSPS) is 10.8. The largest absolute Gasteiger partial charge is 0.416 e. The van der Waals surface area contributed by atoms with Crippen LogP contribution in [0.2, 0.25) is 0 Å². The molecular weight excluding hydrogens is 315 g/mol. The Labute approximate surface area is 135 Å². The van der Waals surface area contributed by atoms with Crippen molar-refractivity contribution in [3.8, 4) is 17.9 Å². The van der Waals surface area contributed by atoms with Crippen LogP contribution in [0.1, 0.15) is 22.5 Å². The Morgan fingerprint density at radius 3 is 1.92 bits per heavy atom. The molecule has 3 aromatic rings. The van der Waals surface area contributed by atoms with Crippen molar-refractivity contribution in [2.45, 2.75) is 6.18 Å². The number of nitrogens with zero attached hydrogens (tertiary/aromatic N) is 3. The van der Waals surface area contributed by atoms with E-state index in [4.69, 9.17) is 5.26 Å². The van der Waals surface area contributed by atoms with Gasteiger partial charge in [0, 0.05) is 5.56 Å². The first-order chi connectivity index (χ1) is 11.5. The average Bonchev–Trinajstić information content (AvgIpc) is 2.58. The first kappa shape index (κ1) is 15.5. The van der Waals surface area contributed by atoms with Gasteiger partial charge in [0.15, 0.2) is 11.4 Å². The fourth-order valence-corrected chi connectivity index (χ4v) is 2.04. The zero-order chi connectivity index (χ0) is 17.2. The summed E-state index contributed by atoms with van der Waals surface area (Å²) in [5.41, 5.74) is 1.09. The Hall–Kier alpha value is -3.38. The molecule has 3 nitrogen and oxygen atoms in total. The lowest BCUT2D eigenvalue weighted by molar-refractivity contribution is -0.137. The molecule has 3 rings (SSSR count). The lowest BCUT2D eigenvalue weighted by atomic mass is 10.1. The number of para-hydroxylation sites is 2. The molecule has 2 aromatic carbocycles. The van der Waals surface area contributed by atoms with E-state index in [1.807, 2.05) is 6.07 Å². The molecule has 24 heavy (non-hydrogen) atoms. The summed E-state index contributed by atoms with van der Waals surface area (Å²) >= 11 is 0. The molecule has 1 heterocycles. The van der Waals surface area contributed by atoms with Gasteiger partial charge in [-0.05, 0) is 42.3 Å². The van der Waals surface area contributed by atoms with Crippen LogP contribution in [-0.4, -0.2) is 9.97 Å². The van der Waals surface area contributed by atoms with Gasteiger partial charge in [-0.1, -0.05) is 18.1 Å². The highest BCUT2D eigenvalue weighted by atomic mass is 19.4. The molecule has 0 saturated carbocycles. The van der Waals surface area contributed by atoms with Crippen molar-refractivity contribution in [3.63, 3.8) is 0 Å². The number of halogens is 3. The molecule has 0 atom stereocenters. The highest BCUT2D eigenvalue weighted by molar-refractivity contribution is 5.75. The van der Waals surface area contributed by atoms with Gasteiger partial charge in [0.2, 0.25) is 0 Å². The zero-order valence-electron chi connectivity index (χ0n) is 12.1. The number of benzene rings is 2. The minimum absolute atomic E-state index is 0.0770. The number of alkyl halides is 3. The molecule has 0 aliphatic rings. The Balaban J connectivity index is 1.99. The Kier molecular flexibility index (Phi) is 3.89. The predicted molar refractivity (Wildman–Crippen MR) is 81.7 cm³/mol. The third-order valence-electron chi connectivity index (χ3n) is 3.21. The van der Waals surface area contributed by atoms with Crippen molar-refractivity contribution in [3.05, 3.63) is 71.0 Å². The highest BCUT2D eigenvalue weighted by Crippen LogP contribution is 2.28. The molecule has 0 bridgehead atoms. The second-order valence-electron chi connectivity index (χ2n) is 4.85. The minimum Gasteiger partial charge on any atom is -0.235 e. The van der Waals surface area contributed by atoms with E-state index in [-0.39, 0.29) is 11.4 Å². The van der Waals surface area contributed by atoms with Crippen molar-refractivity contribution < 1.29 is 13.2 Å². The lowest BCUT2D eigenvalue weighted by Crippen LogP contribution is -2.04. The van der Waals surface area contributed by atoms with Crippen molar-refractivity contribution >= 4 is 11.0 Å². The van der Waals surface area contributed by atoms with Crippen LogP contribution < -0.4 is 0 Å². The molecular formula is C18H8F3N3. The van der Waals surface area contributed by atoms with Gasteiger partial charge >= 0.3 is 6.18 Å². The summed E-state index contributed by atoms with van der Waals surface area (Å²) in [6.07, 6.45) is -4.39. The van der Waals surface area contributed by atoms with E-state index in [0.29, 0.717) is 16.6 Å². The maximum atomic E-state index is 12.5. The van der Waals surface area contributed by atoms with Crippen LogP contribution in [0.25, 0.3) is 11.0 Å². The van der Waals surface area contributed by atoms with Crippen LogP contribution in [0, 0.1) is 23.2 Å². The fourth-order valence-electron chi connectivity index (χ4n) is 2.04. The summed E-state index contributed by atoms with van der Waals surface area (Å²) in [6, 6.07) is 13.4. The molecule has 0 radical (unpaired) electrons. The molecule has 0 fully saturated rings. The van der Waals surface area contributed by atoms with Gasteiger partial charge in [0.05, 0.1) is 16.6 Å². The summed E-state index contributed by atoms with van der Waals surface area (Å²) in [5, 5.41) is 9.16. The maximum Gasteiger partial charge on any atom is 0.416 e. The summed E-state index contributed by atoms with van der Waals surface area (Å²) in [6.45, 7) is 0. The fraction of sp³-hybridized carbons (Fsp3) is 0.0556. The van der Waals surface area contributed by atoms with Crippen LogP contribution in [0.5, 0.6) is 0 Å². The molecule has 0 aliphatic heterocycles. The number of hydrogen-bond donors (Lipinski definition) is 0. The molecule has 1 aromatic heterocycles. The van der Waals surface area contributed by atoms with Gasteiger partial charge in [-0.25, -0.2) is 9.97 Å². The van der Waals surface area contributed by atoms with Gasteiger partial charge in [-0.3, -0.25) is 0 Å². The molecule has 0 saturated heterocycles. The van der Waals surface area contributed by atoms with Gasteiger partial charge in [0.1, 0.15) is 6.07 Å². The quantitative estimate of drug-likeness (QED) is 0.589. The Bertz CT molecular complexity index is 1000. The van der Waals surface area contributed by atoms with Crippen molar-refractivity contribution in [1.82, 2.24) is 9.97 Å². The Morgan fingerprint density at radius 2 is 1.38 bits per heavy atom. The first-order valence-electron chi connectivity index (χ1n) is 6.83. The number of fused-ring (bicyclic) bond motifs is 1. The Morgan fingerprint density at radius 1 is 0.792 bits per heavy atom. The second kappa shape index (κ2) is 6.02. The summed E-state index contributed by atoms with van der Waals surface area (Å²) in [4.78, 5) is 8.46. The second-order valence-corrected chi connectivity index (χ2v) is 4.85. The predicted octanol–water partition coefficient (Wildman–Crippen LogP) is 3.92. The van der Waals surface area contributed by atoms with E-state index in [2.05, 4.69) is 21.8 Å². The molecule has 6 heteroatoms. The third kappa shape index (κ3) is 3.18. The number of rotatable bonds is 0. The molecule has 0 unspecified atom stereocenters. The van der Waals surface area contributed by atoms with Crippen molar-refractivity contribution in [2.75, 3.05) is 0 Å². The molecule has 0 spiro atoms. The molecule has 116 valence electrons. The molecule has 0 aliphatic carbocycles. The van der Waals surface area contributed by atoms with Crippen molar-refractivity contribution in [2.24, 2.45) is 0 Å². The van der Waals surface area contributed by atoms with Crippen LogP contribution in [0.3, 0.4) is 0 Å². The van der Waals surface area contributed by atoms with Crippen LogP contribution >= 0.6 is 0 Å². The summed E-state index contributed by atoms with van der Waals surface area (Å²) < 4.78 is 37.6. The first-order valence-corrected chi connectivity index (χ1v) is 6.83. The highest BCUT2D eigenvalue weighted by Gasteiger charge is 2.29. The van der Waals surface area contributed by atoms with E-state index >= 15 is 0 Å². The zero-order valence-corrected chi connectivity index (χ0v) is 12.1. The summed E-state index contributed by atoms with van der Waals surface area (Å²) in [5.74, 6) is 5.41. The summed E-state index contributed by atoms with van der Waals surface area (Å²) in [7, 11) is 0. The topological polar surface area (TPSA) is 49.6 Å². The van der Waals surface area contributed by atoms with E-state index in [1.165, 1.54) is 12.1 Å². The van der Waals surface area contributed by atoms with E-state index in [9.17, 15) is 13.2 Å². The lowest BCUT2D eigenvalue weighted by Gasteiger charge is -2.05. The van der Waals surface area contributed by atoms with Gasteiger partial charge in [-0.2, -0.15) is 18.4 Å². The number of hydrogen-bond acceptors (Lipinski definition) is 3. The SMILES string of the molecule is N#Cc1nc2ccccc2nc1C#Cc1ccc(C(F)(F)F)cc1. The van der Waals surface area contributed by atoms with Crippen LogP contribution in [-0.2, 0) is 6.18 Å². The van der Waals surface area contributed by atoms with Crippen LogP contribution in [0.15, 0.2) is 48.5 Å². The number of aromatic nitrogens is 2. The standard InChI is InChI=1S/C18H8F3N3/c19-18(20,21)13-8-5-12(6-9-13)7-10-16-17(11-22)24-15-4-2-1-3-14(15)23-16/h1-6,8-9H. The average molecular weight is 323 g/mol. The third-order valence-corrected chi connectivity index (χ3v) is 3.21. The van der Waals surface area contributed by atoms with E-state index < -0.39 is 11.7 Å². The van der Waals surface area contributed by atoms with Gasteiger partial charge in [-0.15, -0.1) is 0 Å². The maximum absolute atomic E-state index is 12.5. The van der Waals surface area contributed by atoms with Crippen molar-refractivity contribution in [1.29, 1.82) is 5.26 Å². The van der Waals surface area contributed by atoms with E-state index in [1.54, 1.807) is 24.3 Å². The van der Waals surface area contributed by atoms with E-state index in [0.717, 1.165) is 12.1 Å². The van der Waals surface area contributed by atoms with Crippen LogP contribution in [0.4, 0.5) is 13.2 Å². The smallest absolute Gasteiger partial charge is 0.235 e. The van der Waals surface area contributed by atoms with Gasteiger partial charge in [0.25, 0.3) is 0 Å². The molecule has 0 amide bonds. The monoisotopic (exact) mass is 323 g/mol. The molecule has 0 N–H and O–H groups in total. The van der Waals surface area contributed by atoms with Gasteiger partial charge < -0.3 is 0 Å². The number of nitriles is 1. The minimum atomic E-state index is -4.39.